The summed E-state index contributed by atoms with van der Waals surface area (Å²) >= 11 is 0. The van der Waals surface area contributed by atoms with E-state index in [0.29, 0.717) is 5.82 Å². The number of pyridine rings is 1. The fraction of sp³-hybridized carbons (Fsp3) is 0.500. The lowest BCUT2D eigenvalue weighted by molar-refractivity contribution is 0.405. The molecule has 1 heterocycles. The van der Waals surface area contributed by atoms with Crippen molar-refractivity contribution >= 4 is 11.5 Å². The number of hydrogen-bond acceptors (Lipinski definition) is 4. The summed E-state index contributed by atoms with van der Waals surface area (Å²) in [6.07, 6.45) is 2.83. The largest absolute Gasteiger partial charge is 0.385 e. The zero-order chi connectivity index (χ0) is 10.4. The third kappa shape index (κ3) is 4.09. The molecule has 0 fully saturated rings. The van der Waals surface area contributed by atoms with Gasteiger partial charge in [-0.2, -0.15) is 0 Å². The predicted molar refractivity (Wildman–Crippen MR) is 60.3 cm³/mol. The van der Waals surface area contributed by atoms with Gasteiger partial charge in [0.05, 0.1) is 0 Å². The molecule has 1 aromatic rings. The fourth-order valence-corrected chi connectivity index (χ4v) is 1.19. The van der Waals surface area contributed by atoms with Gasteiger partial charge in [0.2, 0.25) is 0 Å². The Morgan fingerprint density at radius 2 is 2.29 bits per heavy atom. The van der Waals surface area contributed by atoms with Crippen molar-refractivity contribution in [3.63, 3.8) is 0 Å². The summed E-state index contributed by atoms with van der Waals surface area (Å²) in [6, 6.07) is 3.77. The second kappa shape index (κ2) is 5.44. The molecule has 0 aromatic carbocycles. The molecule has 0 spiro atoms. The molecule has 4 heteroatoms. The minimum absolute atomic E-state index is 0.558. The van der Waals surface area contributed by atoms with Crippen molar-refractivity contribution in [1.82, 2.24) is 9.88 Å². The van der Waals surface area contributed by atoms with Crippen LogP contribution in [-0.2, 0) is 0 Å². The first-order chi connectivity index (χ1) is 6.68. The molecule has 1 aromatic heterocycles. The van der Waals surface area contributed by atoms with Gasteiger partial charge in [0.25, 0.3) is 0 Å². The van der Waals surface area contributed by atoms with E-state index in [-0.39, 0.29) is 0 Å². The number of nitrogens with two attached hydrogens (primary N) is 1. The predicted octanol–water partition coefficient (Wildman–Crippen LogP) is 1.03. The first-order valence-electron chi connectivity index (χ1n) is 4.78. The first-order valence-corrected chi connectivity index (χ1v) is 4.78. The van der Waals surface area contributed by atoms with E-state index in [0.717, 1.165) is 25.2 Å². The van der Waals surface area contributed by atoms with E-state index in [4.69, 9.17) is 5.73 Å². The molecule has 14 heavy (non-hydrogen) atoms. The van der Waals surface area contributed by atoms with Gasteiger partial charge in [-0.1, -0.05) is 0 Å². The molecule has 0 aliphatic rings. The molecule has 0 amide bonds. The molecule has 0 radical (unpaired) electrons. The summed E-state index contributed by atoms with van der Waals surface area (Å²) in [6.45, 7) is 2.05. The Labute approximate surface area is 85.1 Å². The fourth-order valence-electron chi connectivity index (χ4n) is 1.19. The van der Waals surface area contributed by atoms with Gasteiger partial charge in [-0.15, -0.1) is 0 Å². The number of rotatable bonds is 5. The van der Waals surface area contributed by atoms with Crippen LogP contribution in [0.3, 0.4) is 0 Å². The van der Waals surface area contributed by atoms with E-state index in [1.165, 1.54) is 0 Å². The third-order valence-corrected chi connectivity index (χ3v) is 1.89. The van der Waals surface area contributed by atoms with Crippen LogP contribution < -0.4 is 11.1 Å². The molecule has 0 bridgehead atoms. The molecular weight excluding hydrogens is 176 g/mol. The standard InChI is InChI=1S/C10H18N4/c1-14(2)7-3-5-12-9-4-6-13-10(11)8-9/h4,6,8H,3,5,7H2,1-2H3,(H3,11,12,13). The van der Waals surface area contributed by atoms with E-state index < -0.39 is 0 Å². The zero-order valence-electron chi connectivity index (χ0n) is 8.83. The van der Waals surface area contributed by atoms with E-state index in [1.54, 1.807) is 6.20 Å². The van der Waals surface area contributed by atoms with Crippen LogP contribution in [0.5, 0.6) is 0 Å². The third-order valence-electron chi connectivity index (χ3n) is 1.89. The van der Waals surface area contributed by atoms with Crippen LogP contribution in [0, 0.1) is 0 Å². The van der Waals surface area contributed by atoms with Gasteiger partial charge < -0.3 is 16.0 Å². The van der Waals surface area contributed by atoms with E-state index in [2.05, 4.69) is 29.3 Å². The highest BCUT2D eigenvalue weighted by molar-refractivity contribution is 5.49. The SMILES string of the molecule is CN(C)CCCNc1ccnc(N)c1. The summed E-state index contributed by atoms with van der Waals surface area (Å²) in [4.78, 5) is 6.10. The smallest absolute Gasteiger partial charge is 0.125 e. The molecule has 0 saturated carbocycles. The van der Waals surface area contributed by atoms with Crippen LogP contribution >= 0.6 is 0 Å². The Kier molecular flexibility index (Phi) is 4.19. The molecule has 78 valence electrons. The van der Waals surface area contributed by atoms with Crippen molar-refractivity contribution in [2.45, 2.75) is 6.42 Å². The molecule has 4 nitrogen and oxygen atoms in total. The highest BCUT2D eigenvalue weighted by Gasteiger charge is 1.93. The van der Waals surface area contributed by atoms with Crippen LogP contribution in [0.4, 0.5) is 11.5 Å². The van der Waals surface area contributed by atoms with Crippen molar-refractivity contribution in [3.05, 3.63) is 18.3 Å². The maximum absolute atomic E-state index is 5.55. The first kappa shape index (κ1) is 10.8. The second-order valence-electron chi connectivity index (χ2n) is 3.55. The van der Waals surface area contributed by atoms with Crippen LogP contribution in [0.2, 0.25) is 0 Å². The number of nitrogens with zero attached hydrogens (tertiary/aromatic N) is 2. The van der Waals surface area contributed by atoms with Crippen LogP contribution in [-0.4, -0.2) is 37.1 Å². The minimum atomic E-state index is 0.558. The highest BCUT2D eigenvalue weighted by Crippen LogP contribution is 2.08. The molecule has 1 rings (SSSR count). The van der Waals surface area contributed by atoms with Gasteiger partial charge in [-0.05, 0) is 33.1 Å². The molecule has 0 aliphatic heterocycles. The summed E-state index contributed by atoms with van der Waals surface area (Å²) in [7, 11) is 4.15. The Balaban J connectivity index is 2.25. The average molecular weight is 194 g/mol. The summed E-state index contributed by atoms with van der Waals surface area (Å²) in [5.74, 6) is 0.558. The number of anilines is 2. The Bertz CT molecular complexity index is 273. The normalized spacial score (nSPS) is 10.5. The van der Waals surface area contributed by atoms with Gasteiger partial charge in [0.15, 0.2) is 0 Å². The van der Waals surface area contributed by atoms with Crippen molar-refractivity contribution < 1.29 is 0 Å². The topological polar surface area (TPSA) is 54.2 Å². The molecule has 3 N–H and O–H groups in total. The Morgan fingerprint density at radius 3 is 2.93 bits per heavy atom. The summed E-state index contributed by atoms with van der Waals surface area (Å²) in [5.41, 5.74) is 6.59. The number of aromatic nitrogens is 1. The quantitative estimate of drug-likeness (QED) is 0.687. The van der Waals surface area contributed by atoms with Gasteiger partial charge >= 0.3 is 0 Å². The Morgan fingerprint density at radius 1 is 1.50 bits per heavy atom. The van der Waals surface area contributed by atoms with Crippen molar-refractivity contribution in [1.29, 1.82) is 0 Å². The maximum atomic E-state index is 5.55. The zero-order valence-corrected chi connectivity index (χ0v) is 8.83. The molecule has 0 unspecified atom stereocenters. The number of nitrogens with one attached hydrogen (secondary N) is 1. The van der Waals surface area contributed by atoms with Crippen molar-refractivity contribution in [3.8, 4) is 0 Å². The minimum Gasteiger partial charge on any atom is -0.385 e. The molecule has 0 aliphatic carbocycles. The van der Waals surface area contributed by atoms with E-state index in [9.17, 15) is 0 Å². The van der Waals surface area contributed by atoms with Crippen LogP contribution in [0.25, 0.3) is 0 Å². The van der Waals surface area contributed by atoms with Gasteiger partial charge in [0.1, 0.15) is 5.82 Å². The maximum Gasteiger partial charge on any atom is 0.125 e. The lowest BCUT2D eigenvalue weighted by Gasteiger charge is -2.10. The molecule has 0 atom stereocenters. The monoisotopic (exact) mass is 194 g/mol. The van der Waals surface area contributed by atoms with Crippen molar-refractivity contribution in [2.75, 3.05) is 38.2 Å². The van der Waals surface area contributed by atoms with Gasteiger partial charge in [-0.25, -0.2) is 4.98 Å². The molecular formula is C10H18N4. The lowest BCUT2D eigenvalue weighted by Crippen LogP contribution is -2.16. The van der Waals surface area contributed by atoms with Gasteiger partial charge in [0, 0.05) is 24.5 Å². The Hall–Kier alpha value is -1.29. The number of hydrogen-bond donors (Lipinski definition) is 2. The van der Waals surface area contributed by atoms with Crippen LogP contribution in [0.15, 0.2) is 18.3 Å². The van der Waals surface area contributed by atoms with E-state index >= 15 is 0 Å². The summed E-state index contributed by atoms with van der Waals surface area (Å²) in [5, 5.41) is 3.29. The lowest BCUT2D eigenvalue weighted by atomic mass is 10.3. The number of nitrogen functional groups attached to an aromatic ring is 1. The van der Waals surface area contributed by atoms with E-state index in [1.807, 2.05) is 12.1 Å². The second-order valence-corrected chi connectivity index (χ2v) is 3.55. The van der Waals surface area contributed by atoms with Crippen LogP contribution in [0.1, 0.15) is 6.42 Å². The highest BCUT2D eigenvalue weighted by atomic mass is 15.1. The average Bonchev–Trinajstić information content (AvgIpc) is 2.12. The molecule has 0 saturated heterocycles. The van der Waals surface area contributed by atoms with Gasteiger partial charge in [-0.3, -0.25) is 0 Å². The van der Waals surface area contributed by atoms with Crippen molar-refractivity contribution in [2.24, 2.45) is 0 Å². The summed E-state index contributed by atoms with van der Waals surface area (Å²) < 4.78 is 0.